The van der Waals surface area contributed by atoms with Crippen LogP contribution in [0.3, 0.4) is 0 Å². The van der Waals surface area contributed by atoms with E-state index in [0.717, 1.165) is 30.7 Å². The van der Waals surface area contributed by atoms with Crippen LogP contribution < -0.4 is 9.64 Å². The zero-order chi connectivity index (χ0) is 26.4. The third kappa shape index (κ3) is 6.67. The molecular formula is C29H39N3O5. The second-order valence-corrected chi connectivity index (χ2v) is 10.3. The van der Waals surface area contributed by atoms with E-state index in [0.29, 0.717) is 32.7 Å². The van der Waals surface area contributed by atoms with Gasteiger partial charge >= 0.3 is 0 Å². The Hall–Kier alpha value is -2.97. The molecule has 0 radical (unpaired) electrons. The Bertz CT molecular complexity index is 1030. The van der Waals surface area contributed by atoms with Crippen molar-refractivity contribution in [3.8, 4) is 5.75 Å². The zero-order valence-electron chi connectivity index (χ0n) is 22.3. The van der Waals surface area contributed by atoms with Crippen LogP contribution in [0, 0.1) is 5.92 Å². The number of amides is 1. The van der Waals surface area contributed by atoms with Crippen LogP contribution in [0.15, 0.2) is 48.7 Å². The van der Waals surface area contributed by atoms with E-state index in [-0.39, 0.29) is 11.9 Å². The van der Waals surface area contributed by atoms with Gasteiger partial charge in [-0.1, -0.05) is 18.2 Å². The molecule has 2 unspecified atom stereocenters. The van der Waals surface area contributed by atoms with Gasteiger partial charge in [0.2, 0.25) is 5.91 Å². The summed E-state index contributed by atoms with van der Waals surface area (Å²) in [5, 5.41) is 0. The summed E-state index contributed by atoms with van der Waals surface area (Å²) < 4.78 is 17.5. The molecule has 200 valence electrons. The third-order valence-electron chi connectivity index (χ3n) is 7.11. The van der Waals surface area contributed by atoms with Crippen LogP contribution in [-0.4, -0.2) is 72.4 Å². The summed E-state index contributed by atoms with van der Waals surface area (Å²) in [6.07, 6.45) is 3.40. The van der Waals surface area contributed by atoms with Crippen molar-refractivity contribution in [2.45, 2.75) is 71.0 Å². The number of rotatable bonds is 10. The Balaban J connectivity index is 1.46. The summed E-state index contributed by atoms with van der Waals surface area (Å²) >= 11 is 0. The van der Waals surface area contributed by atoms with Crippen LogP contribution in [-0.2, 0) is 25.5 Å². The monoisotopic (exact) mass is 509 g/mol. The number of carbonyl (C=O) groups excluding carboxylic acids is 2. The van der Waals surface area contributed by atoms with Gasteiger partial charge in [-0.3, -0.25) is 4.79 Å². The van der Waals surface area contributed by atoms with E-state index in [1.54, 1.807) is 20.0 Å². The first-order valence-corrected chi connectivity index (χ1v) is 13.3. The fraction of sp³-hybridized carbons (Fsp3) is 0.552. The number of nitrogens with zero attached hydrogens (tertiary/aromatic N) is 3. The van der Waals surface area contributed by atoms with E-state index >= 15 is 0 Å². The van der Waals surface area contributed by atoms with Crippen LogP contribution in [0.25, 0.3) is 0 Å². The largest absolute Gasteiger partial charge is 0.494 e. The fourth-order valence-electron chi connectivity index (χ4n) is 5.35. The van der Waals surface area contributed by atoms with Crippen molar-refractivity contribution in [2.24, 2.45) is 5.92 Å². The molecule has 0 bridgehead atoms. The number of anilines is 1. The lowest BCUT2D eigenvalue weighted by Crippen LogP contribution is -2.57. The molecule has 1 aromatic carbocycles. The predicted octanol–water partition coefficient (Wildman–Crippen LogP) is 3.88. The van der Waals surface area contributed by atoms with Gasteiger partial charge in [0.15, 0.2) is 12.1 Å². The van der Waals surface area contributed by atoms with E-state index in [2.05, 4.69) is 28.9 Å². The highest BCUT2D eigenvalue weighted by Gasteiger charge is 2.48. The molecule has 3 heterocycles. The molecule has 0 N–H and O–H groups in total. The Morgan fingerprint density at radius 1 is 1.19 bits per heavy atom. The maximum Gasteiger partial charge on any atom is 0.228 e. The molecule has 2 fully saturated rings. The van der Waals surface area contributed by atoms with Gasteiger partial charge in [0.05, 0.1) is 12.5 Å². The first-order chi connectivity index (χ1) is 17.8. The summed E-state index contributed by atoms with van der Waals surface area (Å²) in [7, 11) is 0. The molecule has 0 spiro atoms. The maximum absolute atomic E-state index is 14.0. The van der Waals surface area contributed by atoms with Gasteiger partial charge < -0.3 is 28.8 Å². The highest BCUT2D eigenvalue weighted by Crippen LogP contribution is 2.35. The third-order valence-corrected chi connectivity index (χ3v) is 7.11. The quantitative estimate of drug-likeness (QED) is 0.450. The number of ether oxygens (including phenoxy) is 3. The molecule has 2 aromatic rings. The number of hydrogen-bond donors (Lipinski definition) is 0. The number of hydrogen-bond acceptors (Lipinski definition) is 7. The maximum atomic E-state index is 14.0. The lowest BCUT2D eigenvalue weighted by Gasteiger charge is -2.42. The highest BCUT2D eigenvalue weighted by atomic mass is 16.8. The van der Waals surface area contributed by atoms with Crippen LogP contribution in [0.1, 0.15) is 46.1 Å². The van der Waals surface area contributed by atoms with Crippen molar-refractivity contribution in [1.29, 1.82) is 0 Å². The van der Waals surface area contributed by atoms with Crippen molar-refractivity contribution in [3.05, 3.63) is 54.2 Å². The van der Waals surface area contributed by atoms with Crippen LogP contribution >= 0.6 is 0 Å². The van der Waals surface area contributed by atoms with Crippen molar-refractivity contribution < 1.29 is 23.8 Å². The van der Waals surface area contributed by atoms with Crippen LogP contribution in [0.4, 0.5) is 5.82 Å². The van der Waals surface area contributed by atoms with Gasteiger partial charge in [-0.2, -0.15) is 0 Å². The van der Waals surface area contributed by atoms with E-state index in [1.807, 2.05) is 42.2 Å². The molecule has 1 amide bonds. The van der Waals surface area contributed by atoms with Gasteiger partial charge in [-0.25, -0.2) is 4.98 Å². The smallest absolute Gasteiger partial charge is 0.228 e. The second-order valence-electron chi connectivity index (χ2n) is 10.3. The predicted molar refractivity (Wildman–Crippen MR) is 142 cm³/mol. The molecule has 0 saturated carbocycles. The first-order valence-electron chi connectivity index (χ1n) is 13.3. The normalized spacial score (nSPS) is 24.1. The standard InChI is InChI=1S/C29H39N3O5/c1-5-35-23-14-12-22(13-15-23)9-8-10-24(27-25(20-33)36-29(3,4)37-27)28(34)32-18-17-31(19-21(32)2)26-11-6-7-16-30-26/h6-7,11-16,20-21,24-25,27H,5,8-10,17-19H2,1-4H3/t21-,24-,25?,27?/m0/s1. The zero-order valence-corrected chi connectivity index (χ0v) is 22.3. The lowest BCUT2D eigenvalue weighted by atomic mass is 9.89. The molecule has 8 nitrogen and oxygen atoms in total. The number of piperazine rings is 1. The Morgan fingerprint density at radius 3 is 2.62 bits per heavy atom. The topological polar surface area (TPSA) is 81.2 Å². The number of aromatic nitrogens is 1. The molecule has 2 aliphatic heterocycles. The fourth-order valence-corrected chi connectivity index (χ4v) is 5.35. The molecule has 4 atom stereocenters. The summed E-state index contributed by atoms with van der Waals surface area (Å²) in [5.74, 6) is 0.420. The molecular weight excluding hydrogens is 470 g/mol. The number of benzene rings is 1. The number of aldehydes is 1. The van der Waals surface area contributed by atoms with Crippen molar-refractivity contribution in [2.75, 3.05) is 31.1 Å². The van der Waals surface area contributed by atoms with E-state index in [1.165, 1.54) is 5.56 Å². The molecule has 0 aliphatic carbocycles. The van der Waals surface area contributed by atoms with Gasteiger partial charge in [0.1, 0.15) is 23.8 Å². The highest BCUT2D eigenvalue weighted by molar-refractivity contribution is 5.81. The second kappa shape index (κ2) is 12.0. The minimum Gasteiger partial charge on any atom is -0.494 e. The van der Waals surface area contributed by atoms with Gasteiger partial charge in [-0.05, 0) is 76.8 Å². The van der Waals surface area contributed by atoms with Crippen molar-refractivity contribution in [1.82, 2.24) is 9.88 Å². The van der Waals surface area contributed by atoms with Gasteiger partial charge in [-0.15, -0.1) is 0 Å². The Kier molecular flexibility index (Phi) is 8.82. The molecule has 1 aromatic heterocycles. The minimum atomic E-state index is -0.910. The lowest BCUT2D eigenvalue weighted by molar-refractivity contribution is -0.160. The number of aryl methyl sites for hydroxylation is 1. The average molecular weight is 510 g/mol. The minimum absolute atomic E-state index is 0.00174. The summed E-state index contributed by atoms with van der Waals surface area (Å²) in [4.78, 5) is 34.5. The SMILES string of the molecule is CCOc1ccc(CCC[C@H](C(=O)N2CCN(c3ccccn3)C[C@@H]2C)C2OC(C)(C)OC2C=O)cc1. The van der Waals surface area contributed by atoms with Crippen molar-refractivity contribution >= 4 is 18.0 Å². The molecule has 8 heteroatoms. The van der Waals surface area contributed by atoms with E-state index in [9.17, 15) is 9.59 Å². The molecule has 4 rings (SSSR count). The first kappa shape index (κ1) is 27.1. The molecule has 2 saturated heterocycles. The average Bonchev–Trinajstić information content (AvgIpc) is 3.22. The number of pyridine rings is 1. The van der Waals surface area contributed by atoms with Gasteiger partial charge in [0, 0.05) is 31.9 Å². The van der Waals surface area contributed by atoms with Gasteiger partial charge in [0.25, 0.3) is 0 Å². The van der Waals surface area contributed by atoms with Crippen molar-refractivity contribution in [3.63, 3.8) is 0 Å². The number of carbonyl (C=O) groups is 2. The van der Waals surface area contributed by atoms with Crippen LogP contribution in [0.2, 0.25) is 0 Å². The summed E-state index contributed by atoms with van der Waals surface area (Å²) in [6, 6.07) is 14.0. The van der Waals surface area contributed by atoms with E-state index < -0.39 is 23.9 Å². The summed E-state index contributed by atoms with van der Waals surface area (Å²) in [5.41, 5.74) is 1.18. The summed E-state index contributed by atoms with van der Waals surface area (Å²) in [6.45, 7) is 10.2. The Morgan fingerprint density at radius 2 is 1.97 bits per heavy atom. The van der Waals surface area contributed by atoms with Crippen LogP contribution in [0.5, 0.6) is 5.75 Å². The van der Waals surface area contributed by atoms with E-state index in [4.69, 9.17) is 14.2 Å². The molecule has 37 heavy (non-hydrogen) atoms. The molecule has 2 aliphatic rings. The Labute approximate surface area is 219 Å².